The lowest BCUT2D eigenvalue weighted by Gasteiger charge is -2.18. The van der Waals surface area contributed by atoms with E-state index in [1.807, 2.05) is 20.8 Å². The van der Waals surface area contributed by atoms with Crippen LogP contribution in [-0.4, -0.2) is 42.4 Å². The Morgan fingerprint density at radius 1 is 1.47 bits per heavy atom. The Labute approximate surface area is 91.7 Å². The van der Waals surface area contributed by atoms with Crippen molar-refractivity contribution in [3.05, 3.63) is 0 Å². The van der Waals surface area contributed by atoms with Crippen LogP contribution >= 0.6 is 0 Å². The maximum atomic E-state index is 11.6. The Morgan fingerprint density at radius 2 is 2.00 bits per heavy atom. The second-order valence-corrected chi connectivity index (χ2v) is 3.84. The van der Waals surface area contributed by atoms with Crippen molar-refractivity contribution in [1.29, 1.82) is 0 Å². The van der Waals surface area contributed by atoms with Crippen LogP contribution in [0.4, 0.5) is 0 Å². The number of rotatable bonds is 4. The molecule has 0 spiro atoms. The van der Waals surface area contributed by atoms with Crippen molar-refractivity contribution < 1.29 is 4.79 Å². The van der Waals surface area contributed by atoms with Gasteiger partial charge >= 0.3 is 0 Å². The molecule has 0 aliphatic carbocycles. The first-order chi connectivity index (χ1) is 6.88. The van der Waals surface area contributed by atoms with Crippen LogP contribution in [0.2, 0.25) is 0 Å². The molecule has 0 fully saturated rings. The number of hydrogen-bond donors (Lipinski definition) is 2. The second-order valence-electron chi connectivity index (χ2n) is 3.84. The minimum atomic E-state index is -0.429. The third-order valence-electron chi connectivity index (χ3n) is 1.98. The molecule has 5 heteroatoms. The lowest BCUT2D eigenvalue weighted by Crippen LogP contribution is -2.40. The van der Waals surface area contributed by atoms with Crippen molar-refractivity contribution in [3.8, 4) is 0 Å². The van der Waals surface area contributed by atoms with E-state index >= 15 is 0 Å². The van der Waals surface area contributed by atoms with Gasteiger partial charge in [-0.1, -0.05) is 0 Å². The van der Waals surface area contributed by atoms with Gasteiger partial charge in [-0.15, -0.1) is 0 Å². The maximum Gasteiger partial charge on any atom is 0.246 e. The van der Waals surface area contributed by atoms with E-state index in [1.165, 1.54) is 0 Å². The van der Waals surface area contributed by atoms with E-state index in [0.717, 1.165) is 0 Å². The molecule has 0 aromatic carbocycles. The molecule has 3 N–H and O–H groups in total. The normalized spacial score (nSPS) is 13.9. The standard InChI is InChI=1S/C10H22N4O/c1-6-14(5)9(15)8(4)13-10(11)12-7(2)3/h7-8H,6H2,1-5H3,(H3,11,12,13). The second kappa shape index (κ2) is 6.27. The molecule has 0 aromatic heterocycles. The first-order valence-electron chi connectivity index (χ1n) is 5.23. The van der Waals surface area contributed by atoms with E-state index < -0.39 is 6.04 Å². The number of nitrogens with two attached hydrogens (primary N) is 1. The van der Waals surface area contributed by atoms with E-state index in [2.05, 4.69) is 10.3 Å². The molecule has 0 heterocycles. The topological polar surface area (TPSA) is 70.7 Å². The zero-order chi connectivity index (χ0) is 12.0. The molecule has 1 atom stereocenters. The average Bonchev–Trinajstić information content (AvgIpc) is 2.13. The summed E-state index contributed by atoms with van der Waals surface area (Å²) in [5.41, 5.74) is 5.62. The number of hydrogen-bond acceptors (Lipinski definition) is 2. The van der Waals surface area contributed by atoms with Gasteiger partial charge in [0.15, 0.2) is 5.96 Å². The predicted molar refractivity (Wildman–Crippen MR) is 62.7 cm³/mol. The summed E-state index contributed by atoms with van der Waals surface area (Å²) in [6.45, 7) is 8.27. The van der Waals surface area contributed by atoms with E-state index in [9.17, 15) is 4.79 Å². The van der Waals surface area contributed by atoms with Gasteiger partial charge in [-0.2, -0.15) is 0 Å². The number of nitrogens with zero attached hydrogens (tertiary/aromatic N) is 2. The predicted octanol–water partition coefficient (Wildman–Crippen LogP) is 0.166. The van der Waals surface area contributed by atoms with Crippen LogP contribution < -0.4 is 11.1 Å². The lowest BCUT2D eigenvalue weighted by molar-refractivity contribution is -0.130. The Balaban J connectivity index is 4.33. The first-order valence-corrected chi connectivity index (χ1v) is 5.23. The van der Waals surface area contributed by atoms with Crippen LogP contribution in [0.15, 0.2) is 4.99 Å². The van der Waals surface area contributed by atoms with Gasteiger partial charge in [-0.25, -0.2) is 4.99 Å². The molecule has 1 unspecified atom stereocenters. The lowest BCUT2D eigenvalue weighted by atomic mass is 10.3. The van der Waals surface area contributed by atoms with Gasteiger partial charge in [-0.05, 0) is 27.7 Å². The third-order valence-corrected chi connectivity index (χ3v) is 1.98. The van der Waals surface area contributed by atoms with Crippen molar-refractivity contribution in [2.24, 2.45) is 10.7 Å². The number of nitrogens with one attached hydrogen (secondary N) is 1. The Hall–Kier alpha value is -1.26. The van der Waals surface area contributed by atoms with Crippen molar-refractivity contribution in [2.75, 3.05) is 13.6 Å². The smallest absolute Gasteiger partial charge is 0.246 e. The fraction of sp³-hybridized carbons (Fsp3) is 0.800. The fourth-order valence-corrected chi connectivity index (χ4v) is 1.07. The van der Waals surface area contributed by atoms with Crippen molar-refractivity contribution >= 4 is 11.9 Å². The monoisotopic (exact) mass is 214 g/mol. The molecule has 88 valence electrons. The number of carbonyl (C=O) groups is 1. The summed E-state index contributed by atoms with van der Waals surface area (Å²) < 4.78 is 0. The van der Waals surface area contributed by atoms with Crippen molar-refractivity contribution in [1.82, 2.24) is 10.2 Å². The highest BCUT2D eigenvalue weighted by molar-refractivity contribution is 5.86. The summed E-state index contributed by atoms with van der Waals surface area (Å²) in [4.78, 5) is 17.3. The van der Waals surface area contributed by atoms with Gasteiger partial charge in [0.25, 0.3) is 0 Å². The van der Waals surface area contributed by atoms with Gasteiger partial charge in [0.1, 0.15) is 6.04 Å². The van der Waals surface area contributed by atoms with Gasteiger partial charge in [0.2, 0.25) is 5.91 Å². The largest absolute Gasteiger partial charge is 0.370 e. The first kappa shape index (κ1) is 13.7. The molecule has 0 rings (SSSR count). The molecule has 0 saturated heterocycles. The average molecular weight is 214 g/mol. The SMILES string of the molecule is CCN(C)C(=O)C(C)N=C(N)NC(C)C. The Bertz CT molecular complexity index is 238. The molecule has 0 aliphatic rings. The van der Waals surface area contributed by atoms with Crippen molar-refractivity contribution in [2.45, 2.75) is 39.8 Å². The van der Waals surface area contributed by atoms with E-state index in [0.29, 0.717) is 12.5 Å². The molecule has 0 bridgehead atoms. The summed E-state index contributed by atoms with van der Waals surface area (Å²) in [5.74, 6) is 0.293. The Morgan fingerprint density at radius 3 is 2.40 bits per heavy atom. The van der Waals surface area contributed by atoms with Gasteiger partial charge in [0.05, 0.1) is 0 Å². The fourth-order valence-electron chi connectivity index (χ4n) is 1.07. The van der Waals surface area contributed by atoms with Crippen LogP contribution in [0.25, 0.3) is 0 Å². The summed E-state index contributed by atoms with van der Waals surface area (Å²) in [6.07, 6.45) is 0. The van der Waals surface area contributed by atoms with Crippen LogP contribution in [0, 0.1) is 0 Å². The van der Waals surface area contributed by atoms with Crippen LogP contribution in [0.5, 0.6) is 0 Å². The number of carbonyl (C=O) groups excluding carboxylic acids is 1. The Kier molecular flexibility index (Phi) is 5.74. The summed E-state index contributed by atoms with van der Waals surface area (Å²) in [7, 11) is 1.75. The molecule has 0 saturated carbocycles. The van der Waals surface area contributed by atoms with E-state index in [4.69, 9.17) is 5.73 Å². The minimum absolute atomic E-state index is 0.0222. The maximum absolute atomic E-state index is 11.6. The van der Waals surface area contributed by atoms with Gasteiger partial charge < -0.3 is 16.0 Å². The molecular weight excluding hydrogens is 192 g/mol. The highest BCUT2D eigenvalue weighted by atomic mass is 16.2. The minimum Gasteiger partial charge on any atom is -0.370 e. The summed E-state index contributed by atoms with van der Waals surface area (Å²) in [6, 6.07) is -0.207. The molecule has 0 aromatic rings. The quantitative estimate of drug-likeness (QED) is 0.517. The third kappa shape index (κ3) is 5.24. The van der Waals surface area contributed by atoms with Crippen LogP contribution in [0.1, 0.15) is 27.7 Å². The summed E-state index contributed by atoms with van der Waals surface area (Å²) >= 11 is 0. The van der Waals surface area contributed by atoms with Crippen molar-refractivity contribution in [3.63, 3.8) is 0 Å². The highest BCUT2D eigenvalue weighted by Crippen LogP contribution is 1.96. The zero-order valence-corrected chi connectivity index (χ0v) is 10.2. The number of aliphatic imine (C=N–C) groups is 1. The molecule has 1 amide bonds. The number of guanidine groups is 1. The number of amides is 1. The molecule has 0 radical (unpaired) electrons. The molecular formula is C10H22N4O. The van der Waals surface area contributed by atoms with Crippen LogP contribution in [-0.2, 0) is 4.79 Å². The van der Waals surface area contributed by atoms with Gasteiger partial charge in [-0.3, -0.25) is 4.79 Å². The van der Waals surface area contributed by atoms with Crippen LogP contribution in [0.3, 0.4) is 0 Å². The summed E-state index contributed by atoms with van der Waals surface area (Å²) in [5, 5.41) is 2.94. The molecule has 5 nitrogen and oxygen atoms in total. The molecule has 0 aliphatic heterocycles. The van der Waals surface area contributed by atoms with Gasteiger partial charge in [0, 0.05) is 19.6 Å². The number of likely N-dealkylation sites (N-methyl/N-ethyl adjacent to an activating group) is 1. The van der Waals surface area contributed by atoms with E-state index in [1.54, 1.807) is 18.9 Å². The zero-order valence-electron chi connectivity index (χ0n) is 10.2. The van der Waals surface area contributed by atoms with E-state index in [-0.39, 0.29) is 11.9 Å². The highest BCUT2D eigenvalue weighted by Gasteiger charge is 2.15. The molecule has 15 heavy (non-hydrogen) atoms.